The van der Waals surface area contributed by atoms with E-state index in [1.54, 1.807) is 0 Å². The Hall–Kier alpha value is -5.31. The molecule has 0 bridgehead atoms. The SMILES string of the molecule is C=C/C=C(\C=C)c1ccc(N(c2ccccc2)c2cccc3c2S(c2ccc(C)cc2)(c2ccc(C)cc2)c2ccccc2-3)cc1. The van der Waals surface area contributed by atoms with Gasteiger partial charge in [-0.2, -0.15) is 0 Å². The van der Waals surface area contributed by atoms with Crippen LogP contribution in [0, 0.1) is 13.8 Å². The van der Waals surface area contributed by atoms with Crippen molar-refractivity contribution in [2.75, 3.05) is 4.90 Å². The molecule has 0 amide bonds. The Kier molecular flexibility index (Phi) is 7.82. The average Bonchev–Trinajstić information content (AvgIpc) is 3.41. The van der Waals surface area contributed by atoms with E-state index >= 15 is 0 Å². The molecule has 0 saturated heterocycles. The minimum absolute atomic E-state index is 1.05. The summed E-state index contributed by atoms with van der Waals surface area (Å²) in [7, 11) is -1.87. The summed E-state index contributed by atoms with van der Waals surface area (Å²) >= 11 is 0. The summed E-state index contributed by atoms with van der Waals surface area (Å²) < 4.78 is 0. The average molecular weight is 612 g/mol. The second kappa shape index (κ2) is 12.2. The summed E-state index contributed by atoms with van der Waals surface area (Å²) in [5.74, 6) is 0. The van der Waals surface area contributed by atoms with Crippen LogP contribution in [0.5, 0.6) is 0 Å². The van der Waals surface area contributed by atoms with Crippen LogP contribution in [0.4, 0.5) is 17.1 Å². The molecule has 0 N–H and O–H groups in total. The fourth-order valence-electron chi connectivity index (χ4n) is 6.63. The van der Waals surface area contributed by atoms with Crippen molar-refractivity contribution in [1.29, 1.82) is 0 Å². The third kappa shape index (κ3) is 4.83. The molecule has 0 unspecified atom stereocenters. The number of allylic oxidation sites excluding steroid dienone is 4. The standard InChI is InChI=1S/C44H37NS/c1-5-13-34(6-2)35-24-26-37(27-25-35)45(36-14-8-7-9-15-36)42-18-12-17-41-40-16-10-11-19-43(40)46(44(41)42,38-28-20-32(3)21-29-38)39-30-22-33(4)23-31-39/h5-31H,1-2H2,3-4H3/b34-13+. The van der Waals surface area contributed by atoms with Crippen LogP contribution in [0.2, 0.25) is 0 Å². The summed E-state index contributed by atoms with van der Waals surface area (Å²) in [6, 6.07) is 53.9. The lowest BCUT2D eigenvalue weighted by atomic mass is 10.0. The zero-order chi connectivity index (χ0) is 31.7. The van der Waals surface area contributed by atoms with E-state index < -0.39 is 10.0 Å². The summed E-state index contributed by atoms with van der Waals surface area (Å²) in [6.07, 6.45) is 5.69. The first kappa shape index (κ1) is 29.4. The molecule has 0 fully saturated rings. The van der Waals surface area contributed by atoms with Gasteiger partial charge in [-0.3, -0.25) is 0 Å². The van der Waals surface area contributed by atoms with Gasteiger partial charge in [0, 0.05) is 31.0 Å². The van der Waals surface area contributed by atoms with E-state index in [2.05, 4.69) is 177 Å². The van der Waals surface area contributed by atoms with Crippen LogP contribution in [0.3, 0.4) is 0 Å². The van der Waals surface area contributed by atoms with Crippen molar-refractivity contribution in [3.05, 3.63) is 194 Å². The number of hydrogen-bond donors (Lipinski definition) is 0. The lowest BCUT2D eigenvalue weighted by Crippen LogP contribution is -2.13. The normalized spacial score (nSPS) is 13.7. The number of anilines is 3. The molecule has 224 valence electrons. The minimum Gasteiger partial charge on any atom is -0.309 e. The second-order valence-corrected chi connectivity index (χ2v) is 14.7. The molecule has 0 atom stereocenters. The third-order valence-corrected chi connectivity index (χ3v) is 12.8. The van der Waals surface area contributed by atoms with Crippen LogP contribution in [0.15, 0.2) is 197 Å². The molecule has 1 nitrogen and oxygen atoms in total. The molecule has 1 aliphatic rings. The van der Waals surface area contributed by atoms with Crippen molar-refractivity contribution in [3.63, 3.8) is 0 Å². The number of hydrogen-bond acceptors (Lipinski definition) is 1. The Morgan fingerprint density at radius 3 is 1.74 bits per heavy atom. The molecular weight excluding hydrogens is 575 g/mol. The molecule has 0 saturated carbocycles. The number of fused-ring (bicyclic) bond motifs is 3. The number of benzene rings is 6. The molecule has 6 aromatic carbocycles. The highest BCUT2D eigenvalue weighted by atomic mass is 32.3. The summed E-state index contributed by atoms with van der Waals surface area (Å²) in [4.78, 5) is 7.88. The topological polar surface area (TPSA) is 3.24 Å². The second-order valence-electron chi connectivity index (χ2n) is 11.7. The van der Waals surface area contributed by atoms with Crippen molar-refractivity contribution in [2.45, 2.75) is 33.4 Å². The van der Waals surface area contributed by atoms with Crippen LogP contribution >= 0.6 is 10.0 Å². The van der Waals surface area contributed by atoms with E-state index in [9.17, 15) is 0 Å². The van der Waals surface area contributed by atoms with Crippen LogP contribution < -0.4 is 4.90 Å². The molecule has 46 heavy (non-hydrogen) atoms. The summed E-state index contributed by atoms with van der Waals surface area (Å²) in [6.45, 7) is 12.3. The first-order chi connectivity index (χ1) is 22.6. The molecule has 0 spiro atoms. The Balaban J connectivity index is 1.57. The third-order valence-electron chi connectivity index (χ3n) is 8.79. The summed E-state index contributed by atoms with van der Waals surface area (Å²) in [5.41, 5.74) is 10.7. The fraction of sp³-hybridized carbons (Fsp3) is 0.0455. The molecule has 1 aliphatic heterocycles. The van der Waals surface area contributed by atoms with Crippen molar-refractivity contribution in [2.24, 2.45) is 0 Å². The maximum Gasteiger partial charge on any atom is 0.0598 e. The maximum atomic E-state index is 4.03. The molecule has 0 radical (unpaired) electrons. The van der Waals surface area contributed by atoms with Gasteiger partial charge in [0.2, 0.25) is 0 Å². The number of nitrogens with zero attached hydrogens (tertiary/aromatic N) is 1. The van der Waals surface area contributed by atoms with E-state index in [0.29, 0.717) is 0 Å². The Morgan fingerprint density at radius 1 is 0.565 bits per heavy atom. The van der Waals surface area contributed by atoms with Gasteiger partial charge in [0.25, 0.3) is 0 Å². The molecule has 0 aromatic heterocycles. The van der Waals surface area contributed by atoms with Crippen LogP contribution in [0.25, 0.3) is 16.7 Å². The van der Waals surface area contributed by atoms with E-state index in [1.165, 1.54) is 47.5 Å². The predicted molar refractivity (Wildman–Crippen MR) is 198 cm³/mol. The van der Waals surface area contributed by atoms with Crippen molar-refractivity contribution >= 4 is 32.7 Å². The lowest BCUT2D eigenvalue weighted by Gasteiger charge is -2.42. The first-order valence-electron chi connectivity index (χ1n) is 15.7. The van der Waals surface area contributed by atoms with Gasteiger partial charge in [0.1, 0.15) is 0 Å². The van der Waals surface area contributed by atoms with Crippen molar-refractivity contribution in [1.82, 2.24) is 0 Å². The summed E-state index contributed by atoms with van der Waals surface area (Å²) in [5, 5.41) is 0. The minimum atomic E-state index is -1.87. The Labute approximate surface area is 274 Å². The zero-order valence-corrected chi connectivity index (χ0v) is 27.2. The lowest BCUT2D eigenvalue weighted by molar-refractivity contribution is 1.21. The van der Waals surface area contributed by atoms with Gasteiger partial charge in [0.05, 0.1) is 5.69 Å². The maximum absolute atomic E-state index is 4.03. The smallest absolute Gasteiger partial charge is 0.0598 e. The van der Waals surface area contributed by atoms with Crippen LogP contribution in [0.1, 0.15) is 16.7 Å². The molecule has 2 heteroatoms. The highest BCUT2D eigenvalue weighted by Crippen LogP contribution is 2.81. The molecule has 1 heterocycles. The van der Waals surface area contributed by atoms with Gasteiger partial charge in [-0.15, -0.1) is 10.0 Å². The van der Waals surface area contributed by atoms with Gasteiger partial charge in [0.15, 0.2) is 0 Å². The van der Waals surface area contributed by atoms with Crippen LogP contribution in [-0.4, -0.2) is 0 Å². The van der Waals surface area contributed by atoms with Crippen molar-refractivity contribution < 1.29 is 0 Å². The van der Waals surface area contributed by atoms with Crippen molar-refractivity contribution in [3.8, 4) is 11.1 Å². The van der Waals surface area contributed by atoms with E-state index in [1.807, 2.05) is 18.2 Å². The Bertz CT molecular complexity index is 2020. The van der Waals surface area contributed by atoms with Gasteiger partial charge in [-0.05, 0) is 96.8 Å². The van der Waals surface area contributed by atoms with E-state index in [0.717, 1.165) is 22.5 Å². The highest BCUT2D eigenvalue weighted by molar-refractivity contribution is 8.34. The first-order valence-corrected chi connectivity index (χ1v) is 17.3. The monoisotopic (exact) mass is 611 g/mol. The van der Waals surface area contributed by atoms with Gasteiger partial charge < -0.3 is 4.90 Å². The zero-order valence-electron chi connectivity index (χ0n) is 26.4. The molecule has 0 aliphatic carbocycles. The van der Waals surface area contributed by atoms with E-state index in [4.69, 9.17) is 0 Å². The number of rotatable bonds is 8. The quantitative estimate of drug-likeness (QED) is 0.155. The largest absolute Gasteiger partial charge is 0.309 e. The van der Waals surface area contributed by atoms with E-state index in [-0.39, 0.29) is 0 Å². The highest BCUT2D eigenvalue weighted by Gasteiger charge is 2.44. The Morgan fingerprint density at radius 2 is 1.13 bits per heavy atom. The number of aryl methyl sites for hydroxylation is 2. The van der Waals surface area contributed by atoms with Crippen LogP contribution in [-0.2, 0) is 0 Å². The van der Waals surface area contributed by atoms with Gasteiger partial charge in [-0.1, -0.05) is 127 Å². The molecule has 6 aromatic rings. The molecule has 7 rings (SSSR count). The van der Waals surface area contributed by atoms with Gasteiger partial charge >= 0.3 is 0 Å². The fourth-order valence-corrected chi connectivity index (χ4v) is 11.0. The molecular formula is C44H37NS. The van der Waals surface area contributed by atoms with Gasteiger partial charge in [-0.25, -0.2) is 0 Å². The predicted octanol–water partition coefficient (Wildman–Crippen LogP) is 12.8. The number of para-hydroxylation sites is 1.